The van der Waals surface area contributed by atoms with Crippen LogP contribution in [0, 0.1) is 11.6 Å². The van der Waals surface area contributed by atoms with Crippen molar-refractivity contribution in [3.05, 3.63) is 70.2 Å². The molecule has 3 rings (SSSR count). The lowest BCUT2D eigenvalue weighted by Crippen LogP contribution is -2.50. The topological polar surface area (TPSA) is 38.3 Å². The molecule has 0 unspecified atom stereocenters. The number of ether oxygens (including phenoxy) is 1. The molecule has 1 amide bonds. The van der Waals surface area contributed by atoms with Crippen molar-refractivity contribution < 1.29 is 18.3 Å². The highest BCUT2D eigenvalue weighted by atomic mass is 35.5. The van der Waals surface area contributed by atoms with Gasteiger partial charge in [0.15, 0.2) is 0 Å². The van der Waals surface area contributed by atoms with Gasteiger partial charge in [0.2, 0.25) is 5.91 Å². The molecule has 2 aromatic carbocycles. The van der Waals surface area contributed by atoms with Crippen molar-refractivity contribution in [2.75, 3.05) is 0 Å². The Balaban J connectivity index is 1.95. The number of benzene rings is 2. The van der Waals surface area contributed by atoms with Gasteiger partial charge >= 0.3 is 0 Å². The van der Waals surface area contributed by atoms with Gasteiger partial charge in [0, 0.05) is 29.8 Å². The van der Waals surface area contributed by atoms with Gasteiger partial charge in [0.05, 0.1) is 12.2 Å². The maximum atomic E-state index is 13.4. The maximum Gasteiger partial charge on any atom is 0.220 e. The molecule has 144 valence electrons. The van der Waals surface area contributed by atoms with Crippen LogP contribution < -0.4 is 5.32 Å². The van der Waals surface area contributed by atoms with Crippen molar-refractivity contribution in [3.63, 3.8) is 0 Å². The fourth-order valence-electron chi connectivity index (χ4n) is 3.54. The lowest BCUT2D eigenvalue weighted by atomic mass is 9.81. The third kappa shape index (κ3) is 4.66. The van der Waals surface area contributed by atoms with E-state index in [0.29, 0.717) is 24.8 Å². The Kier molecular flexibility index (Phi) is 5.82. The number of carbonyl (C=O) groups is 1. The molecule has 1 aliphatic heterocycles. The minimum atomic E-state index is -0.535. The first kappa shape index (κ1) is 19.8. The van der Waals surface area contributed by atoms with Gasteiger partial charge in [-0.1, -0.05) is 36.7 Å². The summed E-state index contributed by atoms with van der Waals surface area (Å²) in [6.45, 7) is 3.76. The van der Waals surface area contributed by atoms with Crippen LogP contribution in [-0.2, 0) is 9.53 Å². The molecular weight excluding hydrogens is 372 g/mol. The van der Waals surface area contributed by atoms with Crippen LogP contribution in [0.1, 0.15) is 56.4 Å². The van der Waals surface area contributed by atoms with Crippen molar-refractivity contribution in [1.29, 1.82) is 0 Å². The predicted molar refractivity (Wildman–Crippen MR) is 100 cm³/mol. The van der Waals surface area contributed by atoms with Gasteiger partial charge in [0.25, 0.3) is 0 Å². The van der Waals surface area contributed by atoms with Crippen LogP contribution in [0.2, 0.25) is 5.02 Å². The van der Waals surface area contributed by atoms with E-state index >= 15 is 0 Å². The zero-order valence-electron chi connectivity index (χ0n) is 15.3. The molecule has 1 saturated heterocycles. The van der Waals surface area contributed by atoms with E-state index in [4.69, 9.17) is 16.3 Å². The molecule has 6 heteroatoms. The van der Waals surface area contributed by atoms with Crippen LogP contribution in [0.15, 0.2) is 42.5 Å². The van der Waals surface area contributed by atoms with Gasteiger partial charge in [0.1, 0.15) is 11.6 Å². The summed E-state index contributed by atoms with van der Waals surface area (Å²) in [7, 11) is 0. The van der Waals surface area contributed by atoms with Gasteiger partial charge < -0.3 is 10.1 Å². The molecule has 0 radical (unpaired) electrons. The Morgan fingerprint density at radius 3 is 2.41 bits per heavy atom. The largest absolute Gasteiger partial charge is 0.365 e. The number of amides is 1. The fourth-order valence-corrected chi connectivity index (χ4v) is 3.83. The third-order valence-corrected chi connectivity index (χ3v) is 5.24. The van der Waals surface area contributed by atoms with E-state index in [1.54, 1.807) is 25.1 Å². The molecule has 3 atom stereocenters. The number of nitrogens with one attached hydrogen (secondary N) is 1. The van der Waals surface area contributed by atoms with Gasteiger partial charge in [-0.3, -0.25) is 4.79 Å². The van der Waals surface area contributed by atoms with Crippen LogP contribution in [0.5, 0.6) is 0 Å². The molecule has 0 saturated carbocycles. The van der Waals surface area contributed by atoms with Crippen molar-refractivity contribution in [2.45, 2.75) is 50.9 Å². The van der Waals surface area contributed by atoms with Crippen molar-refractivity contribution in [3.8, 4) is 0 Å². The quantitative estimate of drug-likeness (QED) is 0.745. The predicted octanol–water partition coefficient (Wildman–Crippen LogP) is 5.50. The van der Waals surface area contributed by atoms with E-state index in [2.05, 4.69) is 5.32 Å². The molecule has 3 nitrogen and oxygen atoms in total. The second kappa shape index (κ2) is 7.95. The molecule has 1 fully saturated rings. The van der Waals surface area contributed by atoms with E-state index in [1.807, 2.05) is 6.92 Å². The minimum absolute atomic E-state index is 0.0544. The maximum absolute atomic E-state index is 13.4. The smallest absolute Gasteiger partial charge is 0.220 e. The van der Waals surface area contributed by atoms with Crippen LogP contribution in [0.4, 0.5) is 8.78 Å². The lowest BCUT2D eigenvalue weighted by molar-refractivity contribution is -0.128. The Morgan fingerprint density at radius 2 is 1.78 bits per heavy atom. The van der Waals surface area contributed by atoms with Crippen LogP contribution >= 0.6 is 11.6 Å². The Hall–Kier alpha value is -1.98. The Bertz CT molecular complexity index is 827. The zero-order valence-corrected chi connectivity index (χ0v) is 16.0. The molecule has 27 heavy (non-hydrogen) atoms. The van der Waals surface area contributed by atoms with Crippen molar-refractivity contribution in [2.24, 2.45) is 0 Å². The standard InChI is InChI=1S/C21H22ClF2NO2/c1-3-20(26)25-21(2)11-18(13-4-6-14(23)7-5-13)27-19(12-21)16-9-8-15(24)10-17(16)22/h4-10,18-19H,3,11-12H2,1-2H3,(H,25,26)/t18-,19+,21-/m0/s1. The zero-order chi connectivity index (χ0) is 19.6. The highest BCUT2D eigenvalue weighted by molar-refractivity contribution is 6.31. The average Bonchev–Trinajstić information content (AvgIpc) is 2.61. The average molecular weight is 394 g/mol. The minimum Gasteiger partial charge on any atom is -0.365 e. The summed E-state index contributed by atoms with van der Waals surface area (Å²) < 4.78 is 33.0. The number of carbonyl (C=O) groups excluding carboxylic acids is 1. The van der Waals surface area contributed by atoms with E-state index in [0.717, 1.165) is 5.56 Å². The van der Waals surface area contributed by atoms with Crippen LogP contribution in [0.25, 0.3) is 0 Å². The summed E-state index contributed by atoms with van der Waals surface area (Å²) >= 11 is 6.25. The van der Waals surface area contributed by atoms with E-state index in [9.17, 15) is 13.6 Å². The van der Waals surface area contributed by atoms with Gasteiger partial charge in [-0.15, -0.1) is 0 Å². The molecule has 2 aromatic rings. The van der Waals surface area contributed by atoms with Gasteiger partial charge in [-0.05, 0) is 42.3 Å². The van der Waals surface area contributed by atoms with Gasteiger partial charge in [-0.2, -0.15) is 0 Å². The summed E-state index contributed by atoms with van der Waals surface area (Å²) in [5.41, 5.74) is 0.949. The monoisotopic (exact) mass is 393 g/mol. The summed E-state index contributed by atoms with van der Waals surface area (Å²) in [6, 6.07) is 10.3. The molecule has 1 N–H and O–H groups in total. The van der Waals surface area contributed by atoms with Crippen molar-refractivity contribution in [1.82, 2.24) is 5.32 Å². The molecular formula is C21H22ClF2NO2. The molecule has 1 aliphatic rings. The van der Waals surface area contributed by atoms with E-state index in [-0.39, 0.29) is 22.9 Å². The van der Waals surface area contributed by atoms with Crippen LogP contribution in [0.3, 0.4) is 0 Å². The fraction of sp³-hybridized carbons (Fsp3) is 0.381. The van der Waals surface area contributed by atoms with E-state index < -0.39 is 17.5 Å². The first-order chi connectivity index (χ1) is 12.8. The second-order valence-electron chi connectivity index (χ2n) is 7.20. The molecule has 0 bridgehead atoms. The van der Waals surface area contributed by atoms with E-state index in [1.165, 1.54) is 24.3 Å². The number of hydrogen-bond acceptors (Lipinski definition) is 2. The van der Waals surface area contributed by atoms with Gasteiger partial charge in [-0.25, -0.2) is 8.78 Å². The number of halogens is 3. The lowest BCUT2D eigenvalue weighted by Gasteiger charge is -2.43. The molecule has 0 spiro atoms. The SMILES string of the molecule is CCC(=O)N[C@@]1(C)C[C@@H](c2ccc(F)cc2)O[C@@H](c2ccc(F)cc2Cl)C1. The summed E-state index contributed by atoms with van der Waals surface area (Å²) in [6.07, 6.45) is 0.637. The summed E-state index contributed by atoms with van der Waals surface area (Å²) in [4.78, 5) is 12.1. The molecule has 0 aromatic heterocycles. The first-order valence-electron chi connectivity index (χ1n) is 8.96. The molecule has 1 heterocycles. The highest BCUT2D eigenvalue weighted by Crippen LogP contribution is 2.45. The highest BCUT2D eigenvalue weighted by Gasteiger charge is 2.40. The Labute approximate surface area is 162 Å². The second-order valence-corrected chi connectivity index (χ2v) is 7.61. The van der Waals surface area contributed by atoms with Crippen molar-refractivity contribution >= 4 is 17.5 Å². The number of hydrogen-bond donors (Lipinski definition) is 1. The normalized spacial score (nSPS) is 25.2. The third-order valence-electron chi connectivity index (χ3n) is 4.91. The first-order valence-corrected chi connectivity index (χ1v) is 9.34. The molecule has 0 aliphatic carbocycles. The Morgan fingerprint density at radius 1 is 1.15 bits per heavy atom. The summed E-state index contributed by atoms with van der Waals surface area (Å²) in [5.74, 6) is -0.798. The van der Waals surface area contributed by atoms with Crippen LogP contribution in [-0.4, -0.2) is 11.4 Å². The summed E-state index contributed by atoms with van der Waals surface area (Å²) in [5, 5.41) is 3.36. The number of rotatable bonds is 4.